The Morgan fingerprint density at radius 2 is 2.08 bits per heavy atom. The van der Waals surface area contributed by atoms with E-state index in [0.717, 1.165) is 18.4 Å². The van der Waals surface area contributed by atoms with E-state index in [1.54, 1.807) is 24.3 Å². The van der Waals surface area contributed by atoms with Gasteiger partial charge in [0.25, 0.3) is 5.91 Å². The highest BCUT2D eigenvalue weighted by molar-refractivity contribution is 6.01. The van der Waals surface area contributed by atoms with Gasteiger partial charge in [-0.15, -0.1) is 0 Å². The number of pyridine rings is 1. The Morgan fingerprint density at radius 1 is 1.33 bits per heavy atom. The van der Waals surface area contributed by atoms with Crippen molar-refractivity contribution in [1.82, 2.24) is 10.3 Å². The van der Waals surface area contributed by atoms with Gasteiger partial charge < -0.3 is 16.2 Å². The molecule has 1 fully saturated rings. The number of benzene rings is 1. The number of phenols is 1. The molecular formula is C18H19N3O3. The lowest BCUT2D eigenvalue weighted by Gasteiger charge is -2.13. The third kappa shape index (κ3) is 3.22. The second kappa shape index (κ2) is 6.31. The normalized spacial score (nSPS) is 13.5. The average Bonchev–Trinajstić information content (AvgIpc) is 3.38. The van der Waals surface area contributed by atoms with Crippen molar-refractivity contribution in [3.8, 4) is 5.75 Å². The first-order valence-electron chi connectivity index (χ1n) is 7.83. The number of rotatable bonds is 5. The Balaban J connectivity index is 2.08. The van der Waals surface area contributed by atoms with E-state index in [4.69, 9.17) is 5.73 Å². The first kappa shape index (κ1) is 16.0. The van der Waals surface area contributed by atoms with E-state index in [2.05, 4.69) is 10.3 Å². The van der Waals surface area contributed by atoms with Crippen LogP contribution in [0.1, 0.15) is 56.4 Å². The Bertz CT molecular complexity index is 813. The number of phenolic OH excluding ortho intramolecular Hbond substituents is 1. The van der Waals surface area contributed by atoms with Gasteiger partial charge in [0.1, 0.15) is 11.4 Å². The van der Waals surface area contributed by atoms with E-state index < -0.39 is 5.91 Å². The summed E-state index contributed by atoms with van der Waals surface area (Å²) >= 11 is 0. The molecule has 1 aliphatic rings. The fourth-order valence-corrected chi connectivity index (χ4v) is 2.85. The summed E-state index contributed by atoms with van der Waals surface area (Å²) in [5, 5.41) is 12.2. The van der Waals surface area contributed by atoms with Crippen LogP contribution in [-0.2, 0) is 6.42 Å². The molecule has 1 heterocycles. The molecule has 1 saturated carbocycles. The fraction of sp³-hybridized carbons (Fsp3) is 0.278. The lowest BCUT2D eigenvalue weighted by Crippen LogP contribution is -2.25. The van der Waals surface area contributed by atoms with Gasteiger partial charge in [-0.05, 0) is 48.1 Å². The minimum Gasteiger partial charge on any atom is -0.508 e. The molecule has 3 rings (SSSR count). The fourth-order valence-electron chi connectivity index (χ4n) is 2.85. The molecule has 0 aliphatic heterocycles. The highest BCUT2D eigenvalue weighted by Crippen LogP contribution is 2.43. The van der Waals surface area contributed by atoms with Crippen LogP contribution in [0.3, 0.4) is 0 Å². The molecule has 1 aliphatic carbocycles. The van der Waals surface area contributed by atoms with E-state index in [9.17, 15) is 14.7 Å². The van der Waals surface area contributed by atoms with Gasteiger partial charge in [-0.1, -0.05) is 12.1 Å². The maximum atomic E-state index is 12.2. The molecule has 1 aromatic heterocycles. The van der Waals surface area contributed by atoms with Crippen LogP contribution in [0.25, 0.3) is 0 Å². The van der Waals surface area contributed by atoms with Gasteiger partial charge in [0, 0.05) is 24.7 Å². The molecule has 0 unspecified atom stereocenters. The Hall–Kier alpha value is -2.89. The maximum absolute atomic E-state index is 12.2. The van der Waals surface area contributed by atoms with Crippen LogP contribution in [0.5, 0.6) is 5.75 Å². The summed E-state index contributed by atoms with van der Waals surface area (Å²) in [4.78, 5) is 28.6. The van der Waals surface area contributed by atoms with Crippen molar-refractivity contribution < 1.29 is 14.7 Å². The number of hydrogen-bond donors (Lipinski definition) is 3. The minimum atomic E-state index is -0.554. The van der Waals surface area contributed by atoms with Gasteiger partial charge >= 0.3 is 0 Å². The molecule has 4 N–H and O–H groups in total. The molecule has 1 aromatic carbocycles. The molecule has 6 heteroatoms. The molecule has 24 heavy (non-hydrogen) atoms. The molecule has 2 amide bonds. The van der Waals surface area contributed by atoms with Crippen LogP contribution in [0.2, 0.25) is 0 Å². The summed E-state index contributed by atoms with van der Waals surface area (Å²) in [6, 6.07) is 8.45. The van der Waals surface area contributed by atoms with Gasteiger partial charge in [-0.25, -0.2) is 4.98 Å². The highest BCUT2D eigenvalue weighted by Gasteiger charge is 2.33. The number of hydrogen-bond acceptors (Lipinski definition) is 4. The smallest absolute Gasteiger partial charge is 0.269 e. The number of nitrogens with two attached hydrogens (primary N) is 1. The number of nitrogens with zero attached hydrogens (tertiary/aromatic N) is 1. The number of nitrogens with one attached hydrogen (secondary N) is 1. The quantitative estimate of drug-likeness (QED) is 0.778. The first-order valence-corrected chi connectivity index (χ1v) is 7.83. The van der Waals surface area contributed by atoms with Crippen LogP contribution in [0.15, 0.2) is 30.3 Å². The SMILES string of the molecule is CNC(=O)c1nc(Cc2cccc(O)c2)cc(C(N)=O)c1C1CC1. The molecule has 0 saturated heterocycles. The number of aromatic nitrogens is 1. The molecule has 0 bridgehead atoms. The van der Waals surface area contributed by atoms with Crippen molar-refractivity contribution >= 4 is 11.8 Å². The summed E-state index contributed by atoms with van der Waals surface area (Å²) in [7, 11) is 1.53. The van der Waals surface area contributed by atoms with E-state index in [1.165, 1.54) is 7.05 Å². The van der Waals surface area contributed by atoms with Crippen LogP contribution < -0.4 is 11.1 Å². The summed E-state index contributed by atoms with van der Waals surface area (Å²) in [5.41, 5.74) is 8.23. The minimum absolute atomic E-state index is 0.156. The molecule has 0 spiro atoms. The average molecular weight is 325 g/mol. The van der Waals surface area contributed by atoms with E-state index in [1.807, 2.05) is 6.07 Å². The van der Waals surface area contributed by atoms with Crippen LogP contribution in [0.4, 0.5) is 0 Å². The zero-order valence-corrected chi connectivity index (χ0v) is 13.4. The highest BCUT2D eigenvalue weighted by atomic mass is 16.3. The van der Waals surface area contributed by atoms with Gasteiger partial charge in [0.15, 0.2) is 0 Å². The van der Waals surface area contributed by atoms with Crippen molar-refractivity contribution in [2.45, 2.75) is 25.2 Å². The van der Waals surface area contributed by atoms with E-state index in [-0.39, 0.29) is 23.3 Å². The lowest BCUT2D eigenvalue weighted by atomic mass is 9.97. The number of carbonyl (C=O) groups is 2. The molecule has 2 aromatic rings. The number of carbonyl (C=O) groups excluding carboxylic acids is 2. The lowest BCUT2D eigenvalue weighted by molar-refractivity contribution is 0.0956. The van der Waals surface area contributed by atoms with Crippen molar-refractivity contribution in [2.24, 2.45) is 5.73 Å². The predicted molar refractivity (Wildman–Crippen MR) is 89.0 cm³/mol. The Morgan fingerprint density at radius 3 is 2.67 bits per heavy atom. The van der Waals surface area contributed by atoms with Crippen molar-refractivity contribution in [2.75, 3.05) is 7.05 Å². The number of amides is 2. The number of primary amides is 1. The maximum Gasteiger partial charge on any atom is 0.269 e. The molecule has 0 radical (unpaired) electrons. The summed E-state index contributed by atoms with van der Waals surface area (Å²) < 4.78 is 0. The molecule has 6 nitrogen and oxygen atoms in total. The zero-order valence-electron chi connectivity index (χ0n) is 13.4. The van der Waals surface area contributed by atoms with Gasteiger partial charge in [-0.2, -0.15) is 0 Å². The van der Waals surface area contributed by atoms with Gasteiger partial charge in [-0.3, -0.25) is 9.59 Å². The third-order valence-electron chi connectivity index (χ3n) is 4.10. The second-order valence-electron chi connectivity index (χ2n) is 5.99. The summed E-state index contributed by atoms with van der Waals surface area (Å²) in [6.45, 7) is 0. The molecule has 0 atom stereocenters. The largest absolute Gasteiger partial charge is 0.508 e. The predicted octanol–water partition coefficient (Wildman–Crippen LogP) is 1.71. The number of aromatic hydroxyl groups is 1. The van der Waals surface area contributed by atoms with Gasteiger partial charge in [0.05, 0.1) is 0 Å². The van der Waals surface area contributed by atoms with Crippen LogP contribution in [-0.4, -0.2) is 29.0 Å². The summed E-state index contributed by atoms with van der Waals surface area (Å²) in [6.07, 6.45) is 2.25. The summed E-state index contributed by atoms with van der Waals surface area (Å²) in [5.74, 6) is -0.551. The van der Waals surface area contributed by atoms with E-state index >= 15 is 0 Å². The molecular weight excluding hydrogens is 306 g/mol. The topological polar surface area (TPSA) is 105 Å². The van der Waals surface area contributed by atoms with Crippen LogP contribution >= 0.6 is 0 Å². The van der Waals surface area contributed by atoms with E-state index in [0.29, 0.717) is 23.2 Å². The second-order valence-corrected chi connectivity index (χ2v) is 5.99. The van der Waals surface area contributed by atoms with Crippen molar-refractivity contribution in [1.29, 1.82) is 0 Å². The molecule has 124 valence electrons. The zero-order chi connectivity index (χ0) is 17.3. The van der Waals surface area contributed by atoms with Crippen molar-refractivity contribution in [3.63, 3.8) is 0 Å². The Labute approximate surface area is 139 Å². The third-order valence-corrected chi connectivity index (χ3v) is 4.10. The first-order chi connectivity index (χ1) is 11.5. The standard InChI is InChI=1S/C18H19N3O3/c1-20-18(24)16-15(11-5-6-11)14(17(19)23)9-12(21-16)7-10-3-2-4-13(22)8-10/h2-4,8-9,11,22H,5-7H2,1H3,(H2,19,23)(H,20,24). The van der Waals surface area contributed by atoms with Crippen LogP contribution in [0, 0.1) is 0 Å². The Kier molecular flexibility index (Phi) is 4.20. The van der Waals surface area contributed by atoms with Gasteiger partial charge in [0.2, 0.25) is 5.91 Å². The van der Waals surface area contributed by atoms with Crippen molar-refractivity contribution in [3.05, 3.63) is 58.4 Å². The monoisotopic (exact) mass is 325 g/mol.